The molecule has 4 N–H and O–H groups in total. The first-order valence-electron chi connectivity index (χ1n) is 7.37. The van der Waals surface area contributed by atoms with Gasteiger partial charge in [-0.15, -0.1) is 0 Å². The van der Waals surface area contributed by atoms with Crippen molar-refractivity contribution in [2.45, 2.75) is 43.4 Å². The molecule has 1 aliphatic heterocycles. The molecule has 3 heterocycles. The minimum atomic E-state index is -1.25. The summed E-state index contributed by atoms with van der Waals surface area (Å²) in [7, 11) is 0. The van der Waals surface area contributed by atoms with Crippen LogP contribution in [-0.4, -0.2) is 65.8 Å². The molecule has 10 heteroatoms. The molecule has 23 heavy (non-hydrogen) atoms. The van der Waals surface area contributed by atoms with E-state index in [1.54, 1.807) is 0 Å². The molecule has 2 fully saturated rings. The predicted molar refractivity (Wildman–Crippen MR) is 80.0 cm³/mol. The van der Waals surface area contributed by atoms with Crippen LogP contribution in [0.3, 0.4) is 0 Å². The summed E-state index contributed by atoms with van der Waals surface area (Å²) >= 11 is 6.20. The number of hydrogen-bond acceptors (Lipinski definition) is 8. The van der Waals surface area contributed by atoms with Gasteiger partial charge in [-0.1, -0.05) is 0 Å². The smallest absolute Gasteiger partial charge is 0.207 e. The highest BCUT2D eigenvalue weighted by atomic mass is 35.5. The average Bonchev–Trinajstić information content (AvgIpc) is 3.23. The van der Waals surface area contributed by atoms with Crippen molar-refractivity contribution >= 4 is 28.6 Å². The second-order valence-electron chi connectivity index (χ2n) is 5.79. The van der Waals surface area contributed by atoms with Crippen molar-refractivity contribution < 1.29 is 20.1 Å². The number of fused-ring (bicyclic) bond motifs is 1. The van der Waals surface area contributed by atoms with Crippen molar-refractivity contribution in [2.24, 2.45) is 0 Å². The summed E-state index contributed by atoms with van der Waals surface area (Å²) in [6, 6.07) is 0.380. The van der Waals surface area contributed by atoms with Crippen LogP contribution in [0.25, 0.3) is 11.2 Å². The lowest BCUT2D eigenvalue weighted by Gasteiger charge is -2.17. The Bertz CT molecular complexity index is 736. The molecule has 0 bridgehead atoms. The van der Waals surface area contributed by atoms with Gasteiger partial charge in [0.05, 0.1) is 6.61 Å². The van der Waals surface area contributed by atoms with E-state index in [4.69, 9.17) is 16.3 Å². The van der Waals surface area contributed by atoms with Crippen molar-refractivity contribution in [3.8, 4) is 0 Å². The molecule has 1 aliphatic carbocycles. The zero-order valence-corrected chi connectivity index (χ0v) is 12.8. The Morgan fingerprint density at radius 3 is 2.74 bits per heavy atom. The zero-order valence-electron chi connectivity index (χ0n) is 12.0. The Balaban J connectivity index is 1.76. The molecule has 0 amide bonds. The molecule has 0 spiro atoms. The topological polar surface area (TPSA) is 126 Å². The third-order valence-electron chi connectivity index (χ3n) is 4.12. The summed E-state index contributed by atoms with van der Waals surface area (Å²) < 4.78 is 6.91. The Morgan fingerprint density at radius 2 is 2.09 bits per heavy atom. The molecule has 9 nitrogen and oxygen atoms in total. The van der Waals surface area contributed by atoms with Crippen LogP contribution >= 0.6 is 11.6 Å². The number of ether oxygens (including phenoxy) is 1. The summed E-state index contributed by atoms with van der Waals surface area (Å²) in [6.45, 7) is -0.414. The molecule has 0 radical (unpaired) electrons. The second kappa shape index (κ2) is 5.53. The van der Waals surface area contributed by atoms with E-state index in [0.29, 0.717) is 23.0 Å². The molecule has 4 atom stereocenters. The minimum Gasteiger partial charge on any atom is -0.394 e. The summed E-state index contributed by atoms with van der Waals surface area (Å²) in [4.78, 5) is 12.6. The summed E-state index contributed by atoms with van der Waals surface area (Å²) in [5, 5.41) is 32.6. The minimum absolute atomic E-state index is 0.0641. The van der Waals surface area contributed by atoms with Crippen LogP contribution in [0.1, 0.15) is 19.1 Å². The molecule has 0 aromatic carbocycles. The quantitative estimate of drug-likeness (QED) is 0.557. The van der Waals surface area contributed by atoms with Crippen molar-refractivity contribution in [3.05, 3.63) is 11.6 Å². The fraction of sp³-hybridized carbons (Fsp3) is 0.615. The number of anilines is 1. The standard InChI is InChI=1S/C13H16ClN5O4/c14-13-18-7-10(17-5-1-2-5)15-4-16-11(7)19(13)12-9(22)8(21)6(3-20)23-12/h4-6,8-9,12,20-22H,1-3H2,(H,15,16,17). The van der Waals surface area contributed by atoms with Crippen LogP contribution < -0.4 is 5.32 Å². The second-order valence-corrected chi connectivity index (χ2v) is 6.13. The Labute approximate surface area is 135 Å². The number of halogens is 1. The molecular weight excluding hydrogens is 326 g/mol. The maximum absolute atomic E-state index is 10.2. The maximum Gasteiger partial charge on any atom is 0.207 e. The Hall–Kier alpha value is -1.52. The van der Waals surface area contributed by atoms with E-state index in [1.807, 2.05) is 0 Å². The molecule has 2 aromatic heterocycles. The van der Waals surface area contributed by atoms with Crippen molar-refractivity contribution in [2.75, 3.05) is 11.9 Å². The fourth-order valence-corrected chi connectivity index (χ4v) is 2.99. The van der Waals surface area contributed by atoms with E-state index in [0.717, 1.165) is 12.8 Å². The largest absolute Gasteiger partial charge is 0.394 e. The lowest BCUT2D eigenvalue weighted by atomic mass is 10.1. The highest BCUT2D eigenvalue weighted by molar-refractivity contribution is 6.29. The molecular formula is C13H16ClN5O4. The number of nitrogens with one attached hydrogen (secondary N) is 1. The normalized spacial score (nSPS) is 31.0. The van der Waals surface area contributed by atoms with Gasteiger partial charge in [0, 0.05) is 6.04 Å². The number of hydrogen-bond donors (Lipinski definition) is 4. The molecule has 2 aromatic rings. The Morgan fingerprint density at radius 1 is 1.30 bits per heavy atom. The first-order chi connectivity index (χ1) is 11.1. The van der Waals surface area contributed by atoms with Crippen LogP contribution in [0, 0.1) is 0 Å². The van der Waals surface area contributed by atoms with Crippen LogP contribution in [0.2, 0.25) is 5.28 Å². The van der Waals surface area contributed by atoms with Gasteiger partial charge in [-0.2, -0.15) is 0 Å². The van der Waals surface area contributed by atoms with Crippen LogP contribution in [-0.2, 0) is 4.74 Å². The third kappa shape index (κ3) is 2.45. The zero-order chi connectivity index (χ0) is 16.1. The van der Waals surface area contributed by atoms with Gasteiger partial charge in [0.2, 0.25) is 5.28 Å². The molecule has 1 saturated heterocycles. The van der Waals surface area contributed by atoms with Gasteiger partial charge in [-0.05, 0) is 24.4 Å². The van der Waals surface area contributed by atoms with E-state index in [9.17, 15) is 15.3 Å². The number of aliphatic hydroxyl groups excluding tert-OH is 3. The number of imidazole rings is 1. The number of aliphatic hydroxyl groups is 3. The highest BCUT2D eigenvalue weighted by Gasteiger charge is 2.45. The van der Waals surface area contributed by atoms with Crippen LogP contribution in [0.5, 0.6) is 0 Å². The van der Waals surface area contributed by atoms with Crippen molar-refractivity contribution in [1.82, 2.24) is 19.5 Å². The molecule has 4 rings (SSSR count). The van der Waals surface area contributed by atoms with E-state index in [1.165, 1.54) is 10.9 Å². The first kappa shape index (κ1) is 15.0. The van der Waals surface area contributed by atoms with Gasteiger partial charge in [-0.3, -0.25) is 4.57 Å². The predicted octanol–water partition coefficient (Wildman–Crippen LogP) is -0.335. The molecule has 2 aliphatic rings. The van der Waals surface area contributed by atoms with E-state index >= 15 is 0 Å². The molecule has 1 saturated carbocycles. The fourth-order valence-electron chi connectivity index (χ4n) is 2.73. The first-order valence-corrected chi connectivity index (χ1v) is 7.75. The van der Waals surface area contributed by atoms with Gasteiger partial charge in [-0.25, -0.2) is 15.0 Å². The molecule has 4 unspecified atom stereocenters. The van der Waals surface area contributed by atoms with Crippen LogP contribution in [0.4, 0.5) is 5.82 Å². The van der Waals surface area contributed by atoms with Gasteiger partial charge in [0.15, 0.2) is 23.2 Å². The van der Waals surface area contributed by atoms with Crippen LogP contribution in [0.15, 0.2) is 6.33 Å². The lowest BCUT2D eigenvalue weighted by molar-refractivity contribution is -0.0509. The summed E-state index contributed by atoms with van der Waals surface area (Å²) in [5.74, 6) is 0.574. The number of aromatic nitrogens is 4. The van der Waals surface area contributed by atoms with Crippen molar-refractivity contribution in [1.29, 1.82) is 0 Å². The number of rotatable bonds is 4. The SMILES string of the molecule is OCC1OC(n2c(Cl)nc3c(NC4CC4)ncnc32)C(O)C1O. The number of nitrogens with zero attached hydrogens (tertiary/aromatic N) is 4. The average molecular weight is 342 g/mol. The van der Waals surface area contributed by atoms with Gasteiger partial charge in [0.1, 0.15) is 24.6 Å². The van der Waals surface area contributed by atoms with Gasteiger partial charge in [0.25, 0.3) is 0 Å². The third-order valence-corrected chi connectivity index (χ3v) is 4.39. The van der Waals surface area contributed by atoms with E-state index < -0.39 is 31.1 Å². The van der Waals surface area contributed by atoms with Gasteiger partial charge >= 0.3 is 0 Å². The monoisotopic (exact) mass is 341 g/mol. The molecule has 124 valence electrons. The Kier molecular flexibility index (Phi) is 3.62. The van der Waals surface area contributed by atoms with Gasteiger partial charge < -0.3 is 25.4 Å². The summed E-state index contributed by atoms with van der Waals surface area (Å²) in [6.07, 6.45) is -0.814. The lowest BCUT2D eigenvalue weighted by Crippen LogP contribution is -2.33. The van der Waals surface area contributed by atoms with Crippen molar-refractivity contribution in [3.63, 3.8) is 0 Å². The van der Waals surface area contributed by atoms with E-state index in [-0.39, 0.29) is 5.28 Å². The summed E-state index contributed by atoms with van der Waals surface area (Å²) in [5.41, 5.74) is 0.866. The van der Waals surface area contributed by atoms with E-state index in [2.05, 4.69) is 20.3 Å². The highest BCUT2D eigenvalue weighted by Crippen LogP contribution is 2.35. The maximum atomic E-state index is 10.2.